The van der Waals surface area contributed by atoms with Gasteiger partial charge in [-0.1, -0.05) is 38.0 Å². The highest BCUT2D eigenvalue weighted by Gasteiger charge is 2.32. The molecule has 2 atom stereocenters. The van der Waals surface area contributed by atoms with E-state index in [1.54, 1.807) is 0 Å². The predicted octanol–water partition coefficient (Wildman–Crippen LogP) is 3.81. The molecule has 3 rings (SSSR count). The summed E-state index contributed by atoms with van der Waals surface area (Å²) in [5.74, 6) is 0.471. The summed E-state index contributed by atoms with van der Waals surface area (Å²) in [6.45, 7) is 2.14. The lowest BCUT2D eigenvalue weighted by atomic mass is 9.85. The topological polar surface area (TPSA) is 49.3 Å². The van der Waals surface area contributed by atoms with Crippen molar-refractivity contribution in [3.63, 3.8) is 0 Å². The molecule has 0 bridgehead atoms. The largest absolute Gasteiger partial charge is 0.388 e. The summed E-state index contributed by atoms with van der Waals surface area (Å²) >= 11 is 0. The Bertz CT molecular complexity index is 536. The van der Waals surface area contributed by atoms with E-state index in [2.05, 4.69) is 30.4 Å². The molecule has 3 nitrogen and oxygen atoms in total. The van der Waals surface area contributed by atoms with E-state index in [-0.39, 0.29) is 24.0 Å². The summed E-state index contributed by atoms with van der Waals surface area (Å²) < 4.78 is 0. The van der Waals surface area contributed by atoms with Crippen molar-refractivity contribution >= 4 is 5.91 Å². The van der Waals surface area contributed by atoms with Crippen molar-refractivity contribution < 1.29 is 9.90 Å². The minimum Gasteiger partial charge on any atom is -0.388 e. The highest BCUT2D eigenvalue weighted by atomic mass is 16.3. The van der Waals surface area contributed by atoms with Gasteiger partial charge in [0.25, 0.3) is 0 Å². The Kier molecular flexibility index (Phi) is 4.82. The zero-order chi connectivity index (χ0) is 15.5. The van der Waals surface area contributed by atoms with E-state index in [0.29, 0.717) is 0 Å². The first-order valence-corrected chi connectivity index (χ1v) is 8.80. The zero-order valence-corrected chi connectivity index (χ0v) is 13.5. The van der Waals surface area contributed by atoms with Gasteiger partial charge in [0, 0.05) is 5.92 Å². The van der Waals surface area contributed by atoms with Crippen molar-refractivity contribution in [3.8, 4) is 0 Å². The van der Waals surface area contributed by atoms with Crippen LogP contribution in [-0.2, 0) is 11.2 Å². The van der Waals surface area contributed by atoms with Crippen LogP contribution >= 0.6 is 0 Å². The van der Waals surface area contributed by atoms with Crippen molar-refractivity contribution in [1.29, 1.82) is 0 Å². The smallest absolute Gasteiger partial charge is 0.223 e. The van der Waals surface area contributed by atoms with Crippen LogP contribution in [0.1, 0.15) is 80.7 Å². The van der Waals surface area contributed by atoms with Crippen LogP contribution < -0.4 is 5.32 Å². The Morgan fingerprint density at radius 3 is 2.91 bits per heavy atom. The Hall–Kier alpha value is -1.35. The maximum absolute atomic E-state index is 12.1. The van der Waals surface area contributed by atoms with E-state index in [1.807, 2.05) is 0 Å². The molecule has 0 aliphatic heterocycles. The number of nitrogens with one attached hydrogen (secondary N) is 1. The molecular weight excluding hydrogens is 274 g/mol. The minimum absolute atomic E-state index is 0.134. The molecule has 1 fully saturated rings. The Morgan fingerprint density at radius 2 is 2.18 bits per heavy atom. The minimum atomic E-state index is -0.382. The average molecular weight is 301 g/mol. The number of unbranched alkanes of at least 4 members (excludes halogenated alkanes) is 1. The van der Waals surface area contributed by atoms with Gasteiger partial charge >= 0.3 is 0 Å². The van der Waals surface area contributed by atoms with Crippen LogP contribution in [-0.4, -0.2) is 11.0 Å². The molecule has 0 spiro atoms. The SMILES string of the molecule is CCCCC(O)c1ccc2c(c1)C(NC(=O)C1CC1)CCC2. The van der Waals surface area contributed by atoms with Crippen LogP contribution in [0.3, 0.4) is 0 Å². The number of benzene rings is 1. The molecule has 1 saturated carbocycles. The zero-order valence-electron chi connectivity index (χ0n) is 13.5. The lowest BCUT2D eigenvalue weighted by molar-refractivity contribution is -0.123. The van der Waals surface area contributed by atoms with Crippen LogP contribution in [0, 0.1) is 5.92 Å². The first-order chi connectivity index (χ1) is 10.7. The Labute approximate surface area is 133 Å². The van der Waals surface area contributed by atoms with E-state index >= 15 is 0 Å². The number of fused-ring (bicyclic) bond motifs is 1. The summed E-state index contributed by atoms with van der Waals surface area (Å²) in [7, 11) is 0. The number of carbonyl (C=O) groups is 1. The summed E-state index contributed by atoms with van der Waals surface area (Å²) in [5.41, 5.74) is 3.56. The van der Waals surface area contributed by atoms with Crippen LogP contribution in [0.15, 0.2) is 18.2 Å². The number of amides is 1. The fourth-order valence-electron chi connectivity index (χ4n) is 3.37. The summed E-state index contributed by atoms with van der Waals surface area (Å²) in [5, 5.41) is 13.6. The number of carbonyl (C=O) groups excluding carboxylic acids is 1. The lowest BCUT2D eigenvalue weighted by Crippen LogP contribution is -2.32. The van der Waals surface area contributed by atoms with Gasteiger partial charge in [-0.15, -0.1) is 0 Å². The fourth-order valence-corrected chi connectivity index (χ4v) is 3.37. The molecule has 2 aliphatic carbocycles. The number of aliphatic hydroxyl groups excluding tert-OH is 1. The summed E-state index contributed by atoms with van der Waals surface area (Å²) in [6.07, 6.45) is 7.88. The molecule has 1 aromatic rings. The second kappa shape index (κ2) is 6.82. The molecule has 120 valence electrons. The van der Waals surface area contributed by atoms with Crippen molar-refractivity contribution in [2.24, 2.45) is 5.92 Å². The van der Waals surface area contributed by atoms with E-state index in [1.165, 1.54) is 11.1 Å². The average Bonchev–Trinajstić information content (AvgIpc) is 3.37. The molecule has 0 heterocycles. The number of rotatable bonds is 6. The number of hydrogen-bond acceptors (Lipinski definition) is 2. The lowest BCUT2D eigenvalue weighted by Gasteiger charge is -2.27. The molecule has 1 amide bonds. The predicted molar refractivity (Wildman–Crippen MR) is 87.5 cm³/mol. The van der Waals surface area contributed by atoms with Gasteiger partial charge in [-0.25, -0.2) is 0 Å². The number of hydrogen-bond donors (Lipinski definition) is 2. The van der Waals surface area contributed by atoms with Crippen molar-refractivity contribution in [3.05, 3.63) is 34.9 Å². The highest BCUT2D eigenvalue weighted by Crippen LogP contribution is 2.35. The molecular formula is C19H27NO2. The first-order valence-electron chi connectivity index (χ1n) is 8.80. The molecule has 2 aliphatic rings. The van der Waals surface area contributed by atoms with Crippen LogP contribution in [0.2, 0.25) is 0 Å². The van der Waals surface area contributed by atoms with Crippen LogP contribution in [0.25, 0.3) is 0 Å². The maximum Gasteiger partial charge on any atom is 0.223 e. The standard InChI is InChI=1S/C19H27NO2/c1-2-3-7-18(21)15-11-8-13-5-4-6-17(16(13)12-15)20-19(22)14-9-10-14/h8,11-12,14,17-18,21H,2-7,9-10H2,1H3,(H,20,22). The van der Waals surface area contributed by atoms with E-state index in [4.69, 9.17) is 0 Å². The third kappa shape index (κ3) is 3.52. The summed E-state index contributed by atoms with van der Waals surface area (Å²) in [4.78, 5) is 12.1. The van der Waals surface area contributed by atoms with Gasteiger partial charge < -0.3 is 10.4 Å². The fraction of sp³-hybridized carbons (Fsp3) is 0.632. The van der Waals surface area contributed by atoms with Crippen LogP contribution in [0.4, 0.5) is 0 Å². The molecule has 0 aromatic heterocycles. The van der Waals surface area contributed by atoms with Crippen molar-refractivity contribution in [1.82, 2.24) is 5.32 Å². The molecule has 2 unspecified atom stereocenters. The van der Waals surface area contributed by atoms with Crippen LogP contribution in [0.5, 0.6) is 0 Å². The van der Waals surface area contributed by atoms with Gasteiger partial charge in [-0.3, -0.25) is 4.79 Å². The van der Waals surface area contributed by atoms with E-state index in [0.717, 1.165) is 56.9 Å². The second-order valence-corrected chi connectivity index (χ2v) is 6.84. The second-order valence-electron chi connectivity index (χ2n) is 6.84. The first kappa shape index (κ1) is 15.5. The molecule has 22 heavy (non-hydrogen) atoms. The quantitative estimate of drug-likeness (QED) is 0.839. The third-order valence-electron chi connectivity index (χ3n) is 4.96. The van der Waals surface area contributed by atoms with Gasteiger partial charge in [0.15, 0.2) is 0 Å². The number of aliphatic hydroxyl groups is 1. The Balaban J connectivity index is 1.76. The molecule has 3 heteroatoms. The maximum atomic E-state index is 12.1. The van der Waals surface area contributed by atoms with E-state index in [9.17, 15) is 9.90 Å². The molecule has 0 radical (unpaired) electrons. The summed E-state index contributed by atoms with van der Waals surface area (Å²) in [6, 6.07) is 6.47. The monoisotopic (exact) mass is 301 g/mol. The normalized spacial score (nSPS) is 22.0. The van der Waals surface area contributed by atoms with Gasteiger partial charge in [0.05, 0.1) is 12.1 Å². The molecule has 0 saturated heterocycles. The van der Waals surface area contributed by atoms with Gasteiger partial charge in [0.2, 0.25) is 5.91 Å². The van der Waals surface area contributed by atoms with Gasteiger partial charge in [-0.05, 0) is 55.2 Å². The van der Waals surface area contributed by atoms with Gasteiger partial charge in [0.1, 0.15) is 0 Å². The van der Waals surface area contributed by atoms with Crippen molar-refractivity contribution in [2.75, 3.05) is 0 Å². The number of aryl methyl sites for hydroxylation is 1. The third-order valence-corrected chi connectivity index (χ3v) is 4.96. The molecule has 2 N–H and O–H groups in total. The van der Waals surface area contributed by atoms with E-state index < -0.39 is 0 Å². The Morgan fingerprint density at radius 1 is 1.36 bits per heavy atom. The van der Waals surface area contributed by atoms with Crippen molar-refractivity contribution in [2.45, 2.75) is 70.4 Å². The van der Waals surface area contributed by atoms with Gasteiger partial charge in [-0.2, -0.15) is 0 Å². The molecule has 1 aromatic carbocycles. The highest BCUT2D eigenvalue weighted by molar-refractivity contribution is 5.81.